The molecule has 0 aromatic rings. The molecule has 4 bridgehead atoms. The van der Waals surface area contributed by atoms with Crippen molar-refractivity contribution in [1.29, 1.82) is 0 Å². The highest BCUT2D eigenvalue weighted by Gasteiger charge is 2.87. The van der Waals surface area contributed by atoms with Crippen molar-refractivity contribution < 1.29 is 53.8 Å². The fourth-order valence-corrected chi connectivity index (χ4v) is 12.6. The molecule has 3 heterocycles. The first-order valence-corrected chi connectivity index (χ1v) is 18.2. The number of carbonyl (C=O) groups is 3. The van der Waals surface area contributed by atoms with Crippen LogP contribution < -0.4 is 0 Å². The lowest BCUT2D eigenvalue weighted by Gasteiger charge is -2.64. The summed E-state index contributed by atoms with van der Waals surface area (Å²) in [7, 11) is 0. The Bertz CT molecular complexity index is 1360. The zero-order valence-electron chi connectivity index (χ0n) is 29.4. The maximum atomic E-state index is 13.6. The van der Waals surface area contributed by atoms with Crippen LogP contribution in [0.15, 0.2) is 0 Å². The second-order valence-corrected chi connectivity index (χ2v) is 17.1. The Balaban J connectivity index is 1.42. The first kappa shape index (κ1) is 34.6. The molecule has 0 radical (unpaired) electrons. The monoisotopic (exact) mass is 677 g/mol. The molecule has 4 N–H and O–H groups in total. The van der Waals surface area contributed by atoms with Crippen molar-refractivity contribution in [2.24, 2.45) is 46.8 Å². The van der Waals surface area contributed by atoms with Gasteiger partial charge in [-0.05, 0) is 69.6 Å². The molecule has 7 rings (SSSR count). The molecule has 7 fully saturated rings. The molecule has 7 aliphatic rings. The maximum Gasteiger partial charge on any atom is 0.309 e. The summed E-state index contributed by atoms with van der Waals surface area (Å²) in [6.45, 7) is 13.4. The number of esters is 3. The molecule has 270 valence electrons. The van der Waals surface area contributed by atoms with Crippen LogP contribution in [0.25, 0.3) is 0 Å². The van der Waals surface area contributed by atoms with E-state index in [1.807, 2.05) is 13.8 Å². The van der Waals surface area contributed by atoms with Crippen molar-refractivity contribution in [2.75, 3.05) is 13.1 Å². The van der Waals surface area contributed by atoms with E-state index in [9.17, 15) is 34.8 Å². The van der Waals surface area contributed by atoms with Crippen LogP contribution in [0.5, 0.6) is 0 Å². The van der Waals surface area contributed by atoms with Gasteiger partial charge in [0.05, 0.1) is 29.1 Å². The Morgan fingerprint density at radius 2 is 1.69 bits per heavy atom. The lowest BCUT2D eigenvalue weighted by Crippen LogP contribution is -2.77. The van der Waals surface area contributed by atoms with Gasteiger partial charge in [0.15, 0.2) is 12.2 Å². The lowest BCUT2D eigenvalue weighted by atomic mass is 9.49. The minimum atomic E-state index is -1.95. The van der Waals surface area contributed by atoms with E-state index in [-0.39, 0.29) is 18.9 Å². The average Bonchev–Trinajstić information content (AvgIpc) is 3.27. The van der Waals surface area contributed by atoms with Gasteiger partial charge in [-0.2, -0.15) is 0 Å². The first-order chi connectivity index (χ1) is 22.4. The second kappa shape index (κ2) is 11.1. The van der Waals surface area contributed by atoms with Gasteiger partial charge in [0.25, 0.3) is 0 Å². The minimum absolute atomic E-state index is 0.117. The average molecular weight is 678 g/mol. The number of aliphatic hydroxyl groups is 4. The zero-order chi connectivity index (χ0) is 34.9. The second-order valence-electron chi connectivity index (χ2n) is 17.1. The molecule has 3 saturated heterocycles. The maximum absolute atomic E-state index is 13.6. The number of fused-ring (bicyclic) bond motifs is 5. The van der Waals surface area contributed by atoms with Crippen molar-refractivity contribution in [2.45, 2.75) is 146 Å². The number of rotatable bonds is 5. The van der Waals surface area contributed by atoms with Gasteiger partial charge in [0, 0.05) is 50.2 Å². The molecule has 0 aromatic heterocycles. The van der Waals surface area contributed by atoms with Crippen LogP contribution in [0, 0.1) is 46.8 Å². The molecule has 12 nitrogen and oxygen atoms in total. The third kappa shape index (κ3) is 4.37. The molecular formula is C36H55NO11. The van der Waals surface area contributed by atoms with Gasteiger partial charge in [-0.25, -0.2) is 0 Å². The summed E-state index contributed by atoms with van der Waals surface area (Å²) >= 11 is 0. The highest BCUT2D eigenvalue weighted by Crippen LogP contribution is 2.77. The van der Waals surface area contributed by atoms with Crippen LogP contribution in [0.3, 0.4) is 0 Å². The quantitative estimate of drug-likeness (QED) is 0.247. The van der Waals surface area contributed by atoms with Crippen LogP contribution in [0.4, 0.5) is 0 Å². The van der Waals surface area contributed by atoms with Gasteiger partial charge in [-0.1, -0.05) is 27.7 Å². The highest BCUT2D eigenvalue weighted by atomic mass is 16.7. The Labute approximate surface area is 282 Å². The van der Waals surface area contributed by atoms with E-state index in [1.165, 1.54) is 13.8 Å². The summed E-state index contributed by atoms with van der Waals surface area (Å²) in [4.78, 5) is 40.8. The molecule has 3 unspecified atom stereocenters. The van der Waals surface area contributed by atoms with Crippen LogP contribution >= 0.6 is 0 Å². The van der Waals surface area contributed by atoms with Gasteiger partial charge in [0.2, 0.25) is 5.79 Å². The Morgan fingerprint density at radius 3 is 2.33 bits per heavy atom. The molecule has 17 atom stereocenters. The summed E-state index contributed by atoms with van der Waals surface area (Å²) in [5.41, 5.74) is -5.37. The number of hydrogen-bond donors (Lipinski definition) is 4. The molecule has 4 aliphatic carbocycles. The van der Waals surface area contributed by atoms with Gasteiger partial charge in [0.1, 0.15) is 11.7 Å². The number of aliphatic hydroxyl groups excluding tert-OH is 1. The Hall–Kier alpha value is -1.83. The fraction of sp³-hybridized carbons (Fsp3) is 0.917. The third-order valence-corrected chi connectivity index (χ3v) is 14.6. The van der Waals surface area contributed by atoms with E-state index in [2.05, 4.69) is 11.8 Å². The molecule has 12 heteroatoms. The number of nitrogens with zero attached hydrogens (tertiary/aromatic N) is 1. The smallest absolute Gasteiger partial charge is 0.309 e. The Kier molecular flexibility index (Phi) is 7.99. The zero-order valence-corrected chi connectivity index (χ0v) is 29.4. The van der Waals surface area contributed by atoms with Gasteiger partial charge in [-0.3, -0.25) is 19.3 Å². The number of hydrogen-bond acceptors (Lipinski definition) is 12. The van der Waals surface area contributed by atoms with Crippen LogP contribution in [-0.4, -0.2) is 109 Å². The van der Waals surface area contributed by atoms with Crippen LogP contribution in [0.1, 0.15) is 93.4 Å². The standard InChI is InChI=1S/C36H55NO11/c1-8-18(3)31(41)47-30-28(40)27-21(16-37-15-17(2)9-10-25(37)33(27,7)42)22-14-34-29(35(22,30)43)23(45-19(4)38)13-24-32(34,6)12-11-26(46-20(5)39)36(24,44)48-34/h17-18,21-30,40,42-44H,8-16H2,1-7H3/t17-,18+,21-,22-,23+,24?,25-,26-,27+,28+,29+,30-,32-,33+,34?,35?,36-/m0/s1. The van der Waals surface area contributed by atoms with Gasteiger partial charge < -0.3 is 39.4 Å². The van der Waals surface area contributed by atoms with E-state index in [0.717, 1.165) is 19.4 Å². The molecular weight excluding hydrogens is 622 g/mol. The van der Waals surface area contributed by atoms with Crippen LogP contribution in [-0.2, 0) is 33.3 Å². The van der Waals surface area contributed by atoms with E-state index in [1.54, 1.807) is 13.8 Å². The lowest BCUT2D eigenvalue weighted by molar-refractivity contribution is -0.300. The SMILES string of the molecule is CC[C@@H](C)C(=O)O[C@H]1[C@H](O)[C@H]2[C@@H](CN3C[C@@H](C)CC[C@H]3[C@@]2(C)O)[C@@H]2CC34O[C@@]5(O)C(C[C@@H](OC(C)=O)[C@H]3C21O)[C@]4(C)CC[C@@H]5OC(C)=O. The summed E-state index contributed by atoms with van der Waals surface area (Å²) in [6, 6.07) is -0.216. The predicted octanol–water partition coefficient (Wildman–Crippen LogP) is 1.92. The van der Waals surface area contributed by atoms with Crippen molar-refractivity contribution in [1.82, 2.24) is 4.90 Å². The largest absolute Gasteiger partial charge is 0.462 e. The van der Waals surface area contributed by atoms with Gasteiger partial charge >= 0.3 is 17.9 Å². The normalized spacial score (nSPS) is 54.2. The summed E-state index contributed by atoms with van der Waals surface area (Å²) in [5.74, 6) is -7.16. The van der Waals surface area contributed by atoms with E-state index < -0.39 is 106 Å². The van der Waals surface area contributed by atoms with E-state index in [4.69, 9.17) is 18.9 Å². The van der Waals surface area contributed by atoms with E-state index >= 15 is 0 Å². The summed E-state index contributed by atoms with van der Waals surface area (Å²) < 4.78 is 24.8. The number of piperidine rings is 2. The topological polar surface area (TPSA) is 172 Å². The number of ether oxygens (including phenoxy) is 4. The van der Waals surface area contributed by atoms with Crippen LogP contribution in [0.2, 0.25) is 0 Å². The van der Waals surface area contributed by atoms with Crippen molar-refractivity contribution in [3.63, 3.8) is 0 Å². The minimum Gasteiger partial charge on any atom is -0.462 e. The fourth-order valence-electron chi connectivity index (χ4n) is 12.6. The molecule has 48 heavy (non-hydrogen) atoms. The summed E-state index contributed by atoms with van der Waals surface area (Å²) in [6.07, 6.45) is -1.47. The molecule has 0 amide bonds. The number of carbonyl (C=O) groups excluding carboxylic acids is 3. The van der Waals surface area contributed by atoms with Gasteiger partial charge in [-0.15, -0.1) is 0 Å². The highest BCUT2D eigenvalue weighted by molar-refractivity contribution is 5.72. The van der Waals surface area contributed by atoms with Crippen molar-refractivity contribution >= 4 is 17.9 Å². The van der Waals surface area contributed by atoms with E-state index in [0.29, 0.717) is 31.7 Å². The third-order valence-electron chi connectivity index (χ3n) is 14.6. The Morgan fingerprint density at radius 1 is 1.00 bits per heavy atom. The predicted molar refractivity (Wildman–Crippen MR) is 169 cm³/mol. The molecule has 1 spiro atoms. The molecule has 4 saturated carbocycles. The molecule has 0 aromatic carbocycles. The first-order valence-electron chi connectivity index (χ1n) is 18.2. The summed E-state index contributed by atoms with van der Waals surface area (Å²) in [5, 5.41) is 50.9. The molecule has 3 aliphatic heterocycles. The van der Waals surface area contributed by atoms with Crippen molar-refractivity contribution in [3.05, 3.63) is 0 Å². The van der Waals surface area contributed by atoms with Crippen molar-refractivity contribution in [3.8, 4) is 0 Å².